The van der Waals surface area contributed by atoms with Crippen LogP contribution in [0.5, 0.6) is 0 Å². The molecule has 0 N–H and O–H groups in total. The lowest BCUT2D eigenvalue weighted by Gasteiger charge is -2.11. The number of unbranched alkanes of at least 4 members (excludes halogenated alkanes) is 2. The first kappa shape index (κ1) is 13.8. The molecule has 5 heteroatoms. The Morgan fingerprint density at radius 1 is 1.25 bits per heavy atom. The second-order valence-electron chi connectivity index (χ2n) is 5.03. The summed E-state index contributed by atoms with van der Waals surface area (Å²) in [7, 11) is 0. The Labute approximate surface area is 127 Å². The average molecular weight is 303 g/mol. The Bertz CT molecular complexity index is 642. The SMILES string of the molecule is N#CCCCCSc1ncnc2sc3c(c12)CCCC3. The number of thioether (sulfide) groups is 1. The number of nitriles is 1. The average Bonchev–Trinajstić information content (AvgIpc) is 2.86. The quantitative estimate of drug-likeness (QED) is 0.468. The minimum Gasteiger partial charge on any atom is -0.229 e. The predicted molar refractivity (Wildman–Crippen MR) is 84.2 cm³/mol. The van der Waals surface area contributed by atoms with E-state index in [1.807, 2.05) is 23.1 Å². The van der Waals surface area contributed by atoms with Gasteiger partial charge < -0.3 is 0 Å². The van der Waals surface area contributed by atoms with Crippen molar-refractivity contribution in [1.82, 2.24) is 9.97 Å². The summed E-state index contributed by atoms with van der Waals surface area (Å²) in [5.41, 5.74) is 1.51. The van der Waals surface area contributed by atoms with Gasteiger partial charge in [-0.15, -0.1) is 23.1 Å². The van der Waals surface area contributed by atoms with Crippen LogP contribution in [0.4, 0.5) is 0 Å². The molecular formula is C15H17N3S2. The maximum Gasteiger partial charge on any atom is 0.128 e. The molecule has 104 valence electrons. The van der Waals surface area contributed by atoms with Crippen LogP contribution in [-0.2, 0) is 12.8 Å². The number of fused-ring (bicyclic) bond motifs is 3. The van der Waals surface area contributed by atoms with Gasteiger partial charge in [0.15, 0.2) is 0 Å². The molecule has 0 radical (unpaired) electrons. The highest BCUT2D eigenvalue weighted by Crippen LogP contribution is 2.39. The van der Waals surface area contributed by atoms with Crippen molar-refractivity contribution in [2.24, 2.45) is 0 Å². The largest absolute Gasteiger partial charge is 0.229 e. The Balaban J connectivity index is 1.80. The summed E-state index contributed by atoms with van der Waals surface area (Å²) >= 11 is 3.68. The Morgan fingerprint density at radius 2 is 2.15 bits per heavy atom. The lowest BCUT2D eigenvalue weighted by Crippen LogP contribution is -1.99. The Kier molecular flexibility index (Phi) is 4.54. The maximum absolute atomic E-state index is 8.55. The highest BCUT2D eigenvalue weighted by Gasteiger charge is 2.19. The van der Waals surface area contributed by atoms with Gasteiger partial charge in [0.25, 0.3) is 0 Å². The fraction of sp³-hybridized carbons (Fsp3) is 0.533. The van der Waals surface area contributed by atoms with Crippen LogP contribution in [0.2, 0.25) is 0 Å². The van der Waals surface area contributed by atoms with Crippen molar-refractivity contribution < 1.29 is 0 Å². The number of aryl methyl sites for hydroxylation is 2. The molecule has 3 nitrogen and oxygen atoms in total. The summed E-state index contributed by atoms with van der Waals surface area (Å²) in [6, 6.07) is 2.20. The number of aromatic nitrogens is 2. The lowest BCUT2D eigenvalue weighted by atomic mass is 9.97. The monoisotopic (exact) mass is 303 g/mol. The van der Waals surface area contributed by atoms with Crippen LogP contribution in [0.25, 0.3) is 10.2 Å². The fourth-order valence-electron chi connectivity index (χ4n) is 2.65. The first-order valence-electron chi connectivity index (χ1n) is 7.15. The van der Waals surface area contributed by atoms with E-state index in [1.54, 1.807) is 6.33 Å². The van der Waals surface area contributed by atoms with Crippen LogP contribution >= 0.6 is 23.1 Å². The summed E-state index contributed by atoms with van der Waals surface area (Å²) in [6.45, 7) is 0. The van der Waals surface area contributed by atoms with Crippen LogP contribution in [-0.4, -0.2) is 15.7 Å². The zero-order valence-corrected chi connectivity index (χ0v) is 13.0. The standard InChI is InChI=1S/C15H17N3S2/c16-8-4-1-5-9-19-14-13-11-6-2-3-7-12(11)20-15(13)18-10-17-14/h10H,1-7,9H2. The molecule has 0 saturated heterocycles. The second-order valence-corrected chi connectivity index (χ2v) is 7.20. The van der Waals surface area contributed by atoms with Crippen LogP contribution < -0.4 is 0 Å². The van der Waals surface area contributed by atoms with E-state index in [2.05, 4.69) is 16.0 Å². The third-order valence-electron chi connectivity index (χ3n) is 3.64. The maximum atomic E-state index is 8.55. The van der Waals surface area contributed by atoms with Gasteiger partial charge in [0.1, 0.15) is 16.2 Å². The number of nitrogens with zero attached hydrogens (tertiary/aromatic N) is 3. The smallest absolute Gasteiger partial charge is 0.128 e. The molecular weight excluding hydrogens is 286 g/mol. The van der Waals surface area contributed by atoms with Gasteiger partial charge in [0, 0.05) is 16.7 Å². The molecule has 2 aromatic heterocycles. The van der Waals surface area contributed by atoms with Crippen molar-refractivity contribution in [3.8, 4) is 6.07 Å². The minimum atomic E-state index is 0.660. The molecule has 0 aliphatic heterocycles. The molecule has 2 aromatic rings. The zero-order chi connectivity index (χ0) is 13.8. The van der Waals surface area contributed by atoms with Crippen LogP contribution in [0.15, 0.2) is 11.4 Å². The van der Waals surface area contributed by atoms with Gasteiger partial charge in [-0.1, -0.05) is 0 Å². The van der Waals surface area contributed by atoms with Crippen molar-refractivity contribution in [3.63, 3.8) is 0 Å². The van der Waals surface area contributed by atoms with E-state index in [1.165, 1.54) is 41.5 Å². The number of thiophene rings is 1. The normalized spacial score (nSPS) is 14.2. The van der Waals surface area contributed by atoms with Gasteiger partial charge in [-0.2, -0.15) is 5.26 Å². The number of hydrogen-bond donors (Lipinski definition) is 0. The van der Waals surface area contributed by atoms with Crippen molar-refractivity contribution in [2.45, 2.75) is 50.0 Å². The Hall–Kier alpha value is -1.12. The topological polar surface area (TPSA) is 49.6 Å². The molecule has 1 aliphatic rings. The molecule has 3 rings (SSSR count). The van der Waals surface area contributed by atoms with Crippen LogP contribution in [0.1, 0.15) is 42.5 Å². The van der Waals surface area contributed by atoms with Crippen molar-refractivity contribution in [3.05, 3.63) is 16.8 Å². The van der Waals surface area contributed by atoms with Gasteiger partial charge in [0.2, 0.25) is 0 Å². The van der Waals surface area contributed by atoms with Crippen molar-refractivity contribution in [2.75, 3.05) is 5.75 Å². The predicted octanol–water partition coefficient (Wildman–Crippen LogP) is 4.36. The molecule has 0 atom stereocenters. The molecule has 0 saturated carbocycles. The van der Waals surface area contributed by atoms with Gasteiger partial charge in [-0.25, -0.2) is 9.97 Å². The summed E-state index contributed by atoms with van der Waals surface area (Å²) in [4.78, 5) is 11.6. The first-order valence-corrected chi connectivity index (χ1v) is 8.95. The highest BCUT2D eigenvalue weighted by atomic mass is 32.2. The van der Waals surface area contributed by atoms with E-state index in [0.717, 1.165) is 28.5 Å². The lowest BCUT2D eigenvalue weighted by molar-refractivity contribution is 0.699. The minimum absolute atomic E-state index is 0.660. The molecule has 0 aromatic carbocycles. The summed E-state index contributed by atoms with van der Waals surface area (Å²) in [5, 5.41) is 11.0. The fourth-order valence-corrected chi connectivity index (χ4v) is 4.97. The van der Waals surface area contributed by atoms with Gasteiger partial charge in [-0.3, -0.25) is 0 Å². The Morgan fingerprint density at radius 3 is 3.05 bits per heavy atom. The second kappa shape index (κ2) is 6.55. The van der Waals surface area contributed by atoms with Crippen LogP contribution in [0, 0.1) is 11.3 Å². The molecule has 0 spiro atoms. The first-order chi connectivity index (χ1) is 9.90. The molecule has 0 bridgehead atoms. The summed E-state index contributed by atoms with van der Waals surface area (Å²) in [5.74, 6) is 1.04. The third-order valence-corrected chi connectivity index (χ3v) is 5.91. The zero-order valence-electron chi connectivity index (χ0n) is 11.4. The highest BCUT2D eigenvalue weighted by molar-refractivity contribution is 7.99. The van der Waals surface area contributed by atoms with E-state index in [4.69, 9.17) is 5.26 Å². The van der Waals surface area contributed by atoms with Gasteiger partial charge in [-0.05, 0) is 49.8 Å². The van der Waals surface area contributed by atoms with E-state index in [-0.39, 0.29) is 0 Å². The van der Waals surface area contributed by atoms with Crippen molar-refractivity contribution >= 4 is 33.3 Å². The van der Waals surface area contributed by atoms with E-state index in [0.29, 0.717) is 6.42 Å². The van der Waals surface area contributed by atoms with E-state index >= 15 is 0 Å². The molecule has 0 fully saturated rings. The number of rotatable bonds is 5. The number of hydrogen-bond acceptors (Lipinski definition) is 5. The van der Waals surface area contributed by atoms with E-state index < -0.39 is 0 Å². The molecule has 20 heavy (non-hydrogen) atoms. The molecule has 1 aliphatic carbocycles. The van der Waals surface area contributed by atoms with Gasteiger partial charge >= 0.3 is 0 Å². The third kappa shape index (κ3) is 2.82. The molecule has 2 heterocycles. The van der Waals surface area contributed by atoms with E-state index in [9.17, 15) is 0 Å². The molecule has 0 unspecified atom stereocenters. The summed E-state index contributed by atoms with van der Waals surface area (Å²) < 4.78 is 0. The van der Waals surface area contributed by atoms with Gasteiger partial charge in [0.05, 0.1) is 6.07 Å². The molecule has 0 amide bonds. The van der Waals surface area contributed by atoms with Crippen LogP contribution in [0.3, 0.4) is 0 Å². The van der Waals surface area contributed by atoms with Crippen molar-refractivity contribution in [1.29, 1.82) is 5.26 Å². The summed E-state index contributed by atoms with van der Waals surface area (Å²) in [6.07, 6.45) is 9.42.